The number of rotatable bonds is 4. The van der Waals surface area contributed by atoms with E-state index in [0.717, 1.165) is 24.0 Å². The molecule has 2 unspecified atom stereocenters. The zero-order valence-electron chi connectivity index (χ0n) is 12.7. The molecule has 2 nitrogen and oxygen atoms in total. The Balaban J connectivity index is 1.45. The lowest BCUT2D eigenvalue weighted by Gasteiger charge is -2.36. The Morgan fingerprint density at radius 1 is 0.947 bits per heavy atom. The zero-order chi connectivity index (χ0) is 13.1. The van der Waals surface area contributed by atoms with Gasteiger partial charge in [-0.05, 0) is 57.4 Å². The molecule has 0 bridgehead atoms. The van der Waals surface area contributed by atoms with E-state index < -0.39 is 0 Å². The van der Waals surface area contributed by atoms with Crippen molar-refractivity contribution < 1.29 is 0 Å². The van der Waals surface area contributed by atoms with Gasteiger partial charge in [0.1, 0.15) is 0 Å². The summed E-state index contributed by atoms with van der Waals surface area (Å²) in [6, 6.07) is 2.52. The summed E-state index contributed by atoms with van der Waals surface area (Å²) >= 11 is 0. The minimum Gasteiger partial charge on any atom is -0.310 e. The van der Waals surface area contributed by atoms with Crippen LogP contribution >= 0.6 is 0 Å². The fourth-order valence-corrected chi connectivity index (χ4v) is 4.77. The molecule has 1 saturated carbocycles. The molecule has 2 aliphatic heterocycles. The monoisotopic (exact) mass is 264 g/mol. The second kappa shape index (κ2) is 6.58. The van der Waals surface area contributed by atoms with E-state index in [4.69, 9.17) is 0 Å². The van der Waals surface area contributed by atoms with E-state index in [1.807, 2.05) is 0 Å². The lowest BCUT2D eigenvalue weighted by atomic mass is 9.83. The number of hydrogen-bond acceptors (Lipinski definition) is 2. The smallest absolute Gasteiger partial charge is 0.0249 e. The summed E-state index contributed by atoms with van der Waals surface area (Å²) in [5.74, 6) is 1.04. The Hall–Kier alpha value is -0.0800. The van der Waals surface area contributed by atoms with Gasteiger partial charge in [-0.25, -0.2) is 0 Å². The molecule has 19 heavy (non-hydrogen) atoms. The minimum atomic E-state index is 0.813. The highest BCUT2D eigenvalue weighted by atomic mass is 15.2. The van der Waals surface area contributed by atoms with Gasteiger partial charge >= 0.3 is 0 Å². The van der Waals surface area contributed by atoms with Gasteiger partial charge in [0.15, 0.2) is 0 Å². The van der Waals surface area contributed by atoms with Crippen molar-refractivity contribution in [2.45, 2.75) is 89.3 Å². The first-order valence-corrected chi connectivity index (χ1v) is 8.87. The maximum atomic E-state index is 4.04. The minimum absolute atomic E-state index is 0.813. The summed E-state index contributed by atoms with van der Waals surface area (Å²) in [6.45, 7) is 5.06. The highest BCUT2D eigenvalue weighted by molar-refractivity contribution is 4.95. The van der Waals surface area contributed by atoms with E-state index in [1.165, 1.54) is 77.3 Å². The average Bonchev–Trinajstić information content (AvgIpc) is 2.85. The van der Waals surface area contributed by atoms with Crippen molar-refractivity contribution in [3.63, 3.8) is 0 Å². The van der Waals surface area contributed by atoms with Crippen LogP contribution in [0.1, 0.15) is 71.1 Å². The first kappa shape index (κ1) is 13.9. The average molecular weight is 264 g/mol. The van der Waals surface area contributed by atoms with E-state index in [-0.39, 0.29) is 0 Å². The van der Waals surface area contributed by atoms with Crippen molar-refractivity contribution in [1.29, 1.82) is 0 Å². The highest BCUT2D eigenvalue weighted by Gasteiger charge is 2.36. The molecule has 0 aromatic rings. The third-order valence-electron chi connectivity index (χ3n) is 5.85. The van der Waals surface area contributed by atoms with Crippen molar-refractivity contribution in [2.24, 2.45) is 5.92 Å². The molecule has 3 aliphatic rings. The maximum absolute atomic E-state index is 4.04. The third-order valence-corrected chi connectivity index (χ3v) is 5.85. The molecule has 110 valence electrons. The van der Waals surface area contributed by atoms with Crippen molar-refractivity contribution >= 4 is 0 Å². The highest BCUT2D eigenvalue weighted by Crippen LogP contribution is 2.31. The van der Waals surface area contributed by atoms with Gasteiger partial charge in [-0.15, -0.1) is 0 Å². The molecule has 1 N–H and O–H groups in total. The van der Waals surface area contributed by atoms with Crippen molar-refractivity contribution in [1.82, 2.24) is 10.2 Å². The largest absolute Gasteiger partial charge is 0.310 e. The topological polar surface area (TPSA) is 15.3 Å². The predicted molar refractivity (Wildman–Crippen MR) is 81.4 cm³/mol. The SMILES string of the molecule is CCCC1CCC(NC2CCN3CCCCC23)CC1. The van der Waals surface area contributed by atoms with Gasteiger partial charge in [-0.2, -0.15) is 0 Å². The quantitative estimate of drug-likeness (QED) is 0.835. The van der Waals surface area contributed by atoms with Crippen LogP contribution in [0.2, 0.25) is 0 Å². The molecular weight excluding hydrogens is 232 g/mol. The molecule has 2 saturated heterocycles. The number of fused-ring (bicyclic) bond motifs is 1. The van der Waals surface area contributed by atoms with Gasteiger partial charge in [0.25, 0.3) is 0 Å². The zero-order valence-corrected chi connectivity index (χ0v) is 12.7. The van der Waals surface area contributed by atoms with Gasteiger partial charge in [-0.1, -0.05) is 26.2 Å². The summed E-state index contributed by atoms with van der Waals surface area (Å²) < 4.78 is 0. The predicted octanol–water partition coefficient (Wildman–Crippen LogP) is 3.56. The van der Waals surface area contributed by atoms with E-state index in [9.17, 15) is 0 Å². The first-order valence-electron chi connectivity index (χ1n) is 8.87. The van der Waals surface area contributed by atoms with Crippen LogP contribution in [-0.4, -0.2) is 36.1 Å². The molecule has 2 heteroatoms. The maximum Gasteiger partial charge on any atom is 0.0249 e. The molecule has 0 amide bonds. The fraction of sp³-hybridized carbons (Fsp3) is 1.00. The molecule has 3 rings (SSSR count). The number of hydrogen-bond donors (Lipinski definition) is 1. The molecule has 1 aliphatic carbocycles. The lowest BCUT2D eigenvalue weighted by molar-refractivity contribution is 0.168. The molecule has 3 fully saturated rings. The fourth-order valence-electron chi connectivity index (χ4n) is 4.77. The Morgan fingerprint density at radius 2 is 1.79 bits per heavy atom. The van der Waals surface area contributed by atoms with Gasteiger partial charge < -0.3 is 5.32 Å². The normalized spacial score (nSPS) is 40.3. The van der Waals surface area contributed by atoms with E-state index in [0.29, 0.717) is 0 Å². The van der Waals surface area contributed by atoms with Crippen LogP contribution in [0.4, 0.5) is 0 Å². The standard InChI is InChI=1S/C17H32N2/c1-2-5-14-7-9-15(10-8-14)18-16-11-13-19-12-4-3-6-17(16)19/h14-18H,2-13H2,1H3. The number of nitrogens with one attached hydrogen (secondary N) is 1. The third kappa shape index (κ3) is 3.33. The van der Waals surface area contributed by atoms with Gasteiger partial charge in [-0.3, -0.25) is 4.90 Å². The van der Waals surface area contributed by atoms with Gasteiger partial charge in [0.05, 0.1) is 0 Å². The molecular formula is C17H32N2. The second-order valence-electron chi connectivity index (χ2n) is 7.17. The number of piperidine rings is 1. The van der Waals surface area contributed by atoms with Crippen molar-refractivity contribution in [3.8, 4) is 0 Å². The molecule has 2 atom stereocenters. The van der Waals surface area contributed by atoms with Crippen LogP contribution in [0, 0.1) is 5.92 Å². The molecule has 0 aromatic heterocycles. The van der Waals surface area contributed by atoms with E-state index in [2.05, 4.69) is 17.1 Å². The van der Waals surface area contributed by atoms with Crippen LogP contribution in [0.25, 0.3) is 0 Å². The van der Waals surface area contributed by atoms with Crippen LogP contribution in [0.5, 0.6) is 0 Å². The molecule has 0 aromatic carbocycles. The molecule has 0 spiro atoms. The molecule has 2 heterocycles. The van der Waals surface area contributed by atoms with Crippen LogP contribution in [0.15, 0.2) is 0 Å². The van der Waals surface area contributed by atoms with Gasteiger partial charge in [0, 0.05) is 24.7 Å². The Labute approximate surface area is 119 Å². The van der Waals surface area contributed by atoms with Crippen LogP contribution in [0.3, 0.4) is 0 Å². The van der Waals surface area contributed by atoms with E-state index in [1.54, 1.807) is 0 Å². The van der Waals surface area contributed by atoms with Crippen LogP contribution in [-0.2, 0) is 0 Å². The Morgan fingerprint density at radius 3 is 2.58 bits per heavy atom. The summed E-state index contributed by atoms with van der Waals surface area (Å²) in [4.78, 5) is 2.75. The summed E-state index contributed by atoms with van der Waals surface area (Å²) in [5, 5.41) is 4.04. The van der Waals surface area contributed by atoms with Gasteiger partial charge in [0.2, 0.25) is 0 Å². The van der Waals surface area contributed by atoms with Crippen molar-refractivity contribution in [2.75, 3.05) is 13.1 Å². The Kier molecular flexibility index (Phi) is 4.81. The van der Waals surface area contributed by atoms with E-state index >= 15 is 0 Å². The lowest BCUT2D eigenvalue weighted by Crippen LogP contribution is -2.49. The number of nitrogens with zero attached hydrogens (tertiary/aromatic N) is 1. The first-order chi connectivity index (χ1) is 9.36. The summed E-state index contributed by atoms with van der Waals surface area (Å²) in [6.07, 6.45) is 14.4. The summed E-state index contributed by atoms with van der Waals surface area (Å²) in [7, 11) is 0. The second-order valence-corrected chi connectivity index (χ2v) is 7.17. The van der Waals surface area contributed by atoms with Crippen LogP contribution < -0.4 is 5.32 Å². The van der Waals surface area contributed by atoms with Crippen molar-refractivity contribution in [3.05, 3.63) is 0 Å². The summed E-state index contributed by atoms with van der Waals surface area (Å²) in [5.41, 5.74) is 0. The molecule has 0 radical (unpaired) electrons. The Bertz CT molecular complexity index is 270.